The summed E-state index contributed by atoms with van der Waals surface area (Å²) in [5.41, 5.74) is 0.346. The molecule has 6 nitrogen and oxygen atoms in total. The van der Waals surface area contributed by atoms with E-state index in [1.54, 1.807) is 0 Å². The fourth-order valence-corrected chi connectivity index (χ4v) is 1.14. The van der Waals surface area contributed by atoms with Crippen LogP contribution in [0.3, 0.4) is 0 Å². The van der Waals surface area contributed by atoms with E-state index in [0.717, 1.165) is 0 Å². The van der Waals surface area contributed by atoms with Crippen molar-refractivity contribution in [2.24, 2.45) is 10.6 Å². The van der Waals surface area contributed by atoms with Crippen molar-refractivity contribution in [2.45, 2.75) is 27.1 Å². The van der Waals surface area contributed by atoms with Crippen LogP contribution in [0, 0.1) is 5.41 Å². The molecule has 6 heteroatoms. The molecule has 1 N–H and O–H groups in total. The lowest BCUT2D eigenvalue weighted by atomic mass is 9.89. The van der Waals surface area contributed by atoms with Crippen molar-refractivity contribution in [3.63, 3.8) is 0 Å². The summed E-state index contributed by atoms with van der Waals surface area (Å²) in [6, 6.07) is 0. The number of hydrogen-bond acceptors (Lipinski definition) is 5. The van der Waals surface area contributed by atoms with Gasteiger partial charge in [-0.25, -0.2) is 4.79 Å². The van der Waals surface area contributed by atoms with Crippen LogP contribution in [0.1, 0.15) is 20.8 Å². The Labute approximate surface area is 94.9 Å². The van der Waals surface area contributed by atoms with Gasteiger partial charge in [-0.05, 0) is 6.92 Å². The van der Waals surface area contributed by atoms with Gasteiger partial charge in [0.15, 0.2) is 6.29 Å². The summed E-state index contributed by atoms with van der Waals surface area (Å²) in [4.78, 5) is 15.6. The predicted molar refractivity (Wildman–Crippen MR) is 58.1 cm³/mol. The summed E-state index contributed by atoms with van der Waals surface area (Å²) in [6.45, 7) is 6.51. The Hall–Kier alpha value is -1.14. The molecule has 0 aromatic carbocycles. The molecule has 1 heterocycles. The molecule has 1 atom stereocenters. The third-order valence-corrected chi connectivity index (χ3v) is 2.36. The maximum absolute atomic E-state index is 10.9. The smallest absolute Gasteiger partial charge is 0.352 e. The minimum absolute atomic E-state index is 0.271. The largest absolute Gasteiger partial charge is 0.433 e. The highest BCUT2D eigenvalue weighted by Gasteiger charge is 2.31. The third-order valence-electron chi connectivity index (χ3n) is 2.36. The zero-order valence-corrected chi connectivity index (χ0v) is 10.1. The number of nitrogens with zero attached hydrogens (tertiary/aromatic N) is 1. The summed E-state index contributed by atoms with van der Waals surface area (Å²) in [5, 5.41) is 6.12. The van der Waals surface area contributed by atoms with Crippen LogP contribution in [0.2, 0.25) is 0 Å². The molecule has 0 saturated carbocycles. The molecule has 0 bridgehead atoms. The summed E-state index contributed by atoms with van der Waals surface area (Å²) in [6.07, 6.45) is -0.867. The Kier molecular flexibility index (Phi) is 4.26. The average Bonchev–Trinajstić information content (AvgIpc) is 2.36. The predicted octanol–water partition coefficient (Wildman–Crippen LogP) is 1.12. The van der Waals surface area contributed by atoms with Gasteiger partial charge < -0.3 is 14.8 Å². The SMILES string of the molecule is CNC(=O)ON=C1COC(C)OCC1(C)C. The molecule has 1 rings (SSSR count). The number of amides is 1. The van der Waals surface area contributed by atoms with E-state index in [4.69, 9.17) is 9.47 Å². The van der Waals surface area contributed by atoms with Crippen molar-refractivity contribution < 1.29 is 19.1 Å². The van der Waals surface area contributed by atoms with Gasteiger partial charge in [0, 0.05) is 12.5 Å². The van der Waals surface area contributed by atoms with Gasteiger partial charge in [0.25, 0.3) is 0 Å². The molecule has 16 heavy (non-hydrogen) atoms. The molecule has 1 aliphatic heterocycles. The van der Waals surface area contributed by atoms with Crippen LogP contribution in [0.25, 0.3) is 0 Å². The van der Waals surface area contributed by atoms with Gasteiger partial charge in [0.05, 0.1) is 18.9 Å². The lowest BCUT2D eigenvalue weighted by molar-refractivity contribution is -0.118. The third kappa shape index (κ3) is 3.46. The second-order valence-electron chi connectivity index (χ2n) is 4.24. The number of nitrogens with one attached hydrogen (secondary N) is 1. The van der Waals surface area contributed by atoms with E-state index in [1.165, 1.54) is 7.05 Å². The number of carbonyl (C=O) groups is 1. The van der Waals surface area contributed by atoms with Crippen molar-refractivity contribution >= 4 is 11.8 Å². The van der Waals surface area contributed by atoms with E-state index >= 15 is 0 Å². The van der Waals surface area contributed by atoms with Crippen molar-refractivity contribution in [3.05, 3.63) is 0 Å². The van der Waals surface area contributed by atoms with Gasteiger partial charge in [-0.1, -0.05) is 19.0 Å². The van der Waals surface area contributed by atoms with E-state index < -0.39 is 6.09 Å². The van der Waals surface area contributed by atoms with E-state index in [0.29, 0.717) is 18.9 Å². The number of carbonyl (C=O) groups excluding carboxylic acids is 1. The lowest BCUT2D eigenvalue weighted by Gasteiger charge is -2.21. The van der Waals surface area contributed by atoms with Gasteiger partial charge >= 0.3 is 6.09 Å². The first-order chi connectivity index (χ1) is 7.45. The molecule has 1 fully saturated rings. The van der Waals surface area contributed by atoms with Crippen LogP contribution in [0.15, 0.2) is 5.16 Å². The Morgan fingerprint density at radius 1 is 1.56 bits per heavy atom. The highest BCUT2D eigenvalue weighted by atomic mass is 16.7. The van der Waals surface area contributed by atoms with Crippen molar-refractivity contribution in [2.75, 3.05) is 20.3 Å². The number of oxime groups is 1. The van der Waals surface area contributed by atoms with Crippen LogP contribution in [-0.2, 0) is 14.3 Å². The standard InChI is InChI=1S/C10H18N2O4/c1-7-14-5-8(10(2,3)6-15-7)12-16-9(13)11-4/h7H,5-6H2,1-4H3,(H,11,13). The van der Waals surface area contributed by atoms with E-state index in [2.05, 4.69) is 15.3 Å². The van der Waals surface area contributed by atoms with Crippen LogP contribution in [0.4, 0.5) is 4.79 Å². The van der Waals surface area contributed by atoms with Crippen molar-refractivity contribution in [3.8, 4) is 0 Å². The second kappa shape index (κ2) is 5.27. The van der Waals surface area contributed by atoms with Gasteiger partial charge in [0.2, 0.25) is 0 Å². The molecule has 1 amide bonds. The molecule has 1 saturated heterocycles. The summed E-state index contributed by atoms with van der Waals surface area (Å²) in [7, 11) is 1.47. The molecule has 0 aliphatic carbocycles. The molecular formula is C10H18N2O4. The van der Waals surface area contributed by atoms with Crippen LogP contribution in [-0.4, -0.2) is 38.4 Å². The Balaban J connectivity index is 2.71. The first-order valence-corrected chi connectivity index (χ1v) is 5.15. The van der Waals surface area contributed by atoms with E-state index in [1.807, 2.05) is 20.8 Å². The summed E-state index contributed by atoms with van der Waals surface area (Å²) < 4.78 is 10.8. The normalized spacial score (nSPS) is 27.2. The van der Waals surface area contributed by atoms with E-state index in [9.17, 15) is 4.79 Å². The zero-order chi connectivity index (χ0) is 12.2. The second-order valence-corrected chi connectivity index (χ2v) is 4.24. The Morgan fingerprint density at radius 3 is 2.88 bits per heavy atom. The highest BCUT2D eigenvalue weighted by molar-refractivity contribution is 5.91. The molecule has 0 aromatic rings. The first kappa shape index (κ1) is 12.9. The maximum Gasteiger partial charge on any atom is 0.433 e. The molecular weight excluding hydrogens is 212 g/mol. The minimum Gasteiger partial charge on any atom is -0.352 e. The quantitative estimate of drug-likeness (QED) is 0.541. The monoisotopic (exact) mass is 230 g/mol. The highest BCUT2D eigenvalue weighted by Crippen LogP contribution is 2.23. The topological polar surface area (TPSA) is 69.2 Å². The van der Waals surface area contributed by atoms with Crippen LogP contribution in [0.5, 0.6) is 0 Å². The van der Waals surface area contributed by atoms with Gasteiger partial charge in [-0.15, -0.1) is 0 Å². The molecule has 92 valence electrons. The average molecular weight is 230 g/mol. The fraction of sp³-hybridized carbons (Fsp3) is 0.800. The fourth-order valence-electron chi connectivity index (χ4n) is 1.14. The van der Waals surface area contributed by atoms with Crippen molar-refractivity contribution in [1.29, 1.82) is 0 Å². The number of rotatable bonds is 1. The van der Waals surface area contributed by atoms with E-state index in [-0.39, 0.29) is 11.7 Å². The lowest BCUT2D eigenvalue weighted by Crippen LogP contribution is -2.31. The molecule has 1 aliphatic rings. The Morgan fingerprint density at radius 2 is 2.25 bits per heavy atom. The Bertz CT molecular complexity index is 289. The van der Waals surface area contributed by atoms with Gasteiger partial charge in [-0.3, -0.25) is 4.84 Å². The van der Waals surface area contributed by atoms with Crippen LogP contribution >= 0.6 is 0 Å². The van der Waals surface area contributed by atoms with Gasteiger partial charge in [-0.2, -0.15) is 0 Å². The molecule has 1 unspecified atom stereocenters. The summed E-state index contributed by atoms with van der Waals surface area (Å²) in [5.74, 6) is 0. The molecule has 0 aromatic heterocycles. The van der Waals surface area contributed by atoms with Crippen molar-refractivity contribution in [1.82, 2.24) is 5.32 Å². The number of hydrogen-bond donors (Lipinski definition) is 1. The molecule has 0 spiro atoms. The minimum atomic E-state index is -0.596. The maximum atomic E-state index is 10.9. The zero-order valence-electron chi connectivity index (χ0n) is 10.1. The molecule has 0 radical (unpaired) electrons. The van der Waals surface area contributed by atoms with Crippen LogP contribution < -0.4 is 5.32 Å². The first-order valence-electron chi connectivity index (χ1n) is 5.15. The summed E-state index contributed by atoms with van der Waals surface area (Å²) >= 11 is 0. The number of ether oxygens (including phenoxy) is 2. The van der Waals surface area contributed by atoms with Gasteiger partial charge in [0.1, 0.15) is 0 Å².